The van der Waals surface area contributed by atoms with Crippen LogP contribution in [0.3, 0.4) is 0 Å². The van der Waals surface area contributed by atoms with E-state index in [1.807, 2.05) is 39.3 Å². The summed E-state index contributed by atoms with van der Waals surface area (Å²) in [5, 5.41) is 0. The lowest BCUT2D eigenvalue weighted by molar-refractivity contribution is -0.283. The smallest absolute Gasteiger partial charge is 0.409 e. The Morgan fingerprint density at radius 2 is 0.973 bits per heavy atom. The highest BCUT2D eigenvalue weighted by molar-refractivity contribution is 7.52. The molecule has 1 aliphatic rings. The number of hydrogen-bond donors (Lipinski definition) is 0. The molecule has 0 saturated carbocycles. The van der Waals surface area contributed by atoms with Crippen molar-refractivity contribution in [3.63, 3.8) is 0 Å². The van der Waals surface area contributed by atoms with E-state index in [1.54, 1.807) is 7.11 Å². The van der Waals surface area contributed by atoms with E-state index in [0.717, 1.165) is 0 Å². The highest BCUT2D eigenvalue weighted by Gasteiger charge is 2.52. The quantitative estimate of drug-likeness (QED) is 0.150. The molecule has 9 nitrogen and oxygen atoms in total. The summed E-state index contributed by atoms with van der Waals surface area (Å²) in [7, 11) is -12.9. The van der Waals surface area contributed by atoms with Crippen LogP contribution in [0.15, 0.2) is 0 Å². The molecule has 0 aromatic heterocycles. The van der Waals surface area contributed by atoms with Crippen LogP contribution >= 0.6 is 7.82 Å². The van der Waals surface area contributed by atoms with Crippen LogP contribution in [0.25, 0.3) is 0 Å². The van der Waals surface area contributed by atoms with Gasteiger partial charge in [-0.2, -0.15) is 0 Å². The predicted molar refractivity (Wildman–Crippen MR) is 163 cm³/mol. The van der Waals surface area contributed by atoms with E-state index in [9.17, 15) is 4.57 Å². The molecule has 1 fully saturated rings. The molecule has 0 aromatic rings. The number of hydrogen-bond acceptors (Lipinski definition) is 9. The monoisotopic (exact) mass is 634 g/mol. The third-order valence-electron chi connectivity index (χ3n) is 4.46. The summed E-state index contributed by atoms with van der Waals surface area (Å²) in [6.45, 7) is 30.9. The van der Waals surface area contributed by atoms with E-state index >= 15 is 0 Å². The third-order valence-corrected chi connectivity index (χ3v) is 14.0. The zero-order chi connectivity index (χ0) is 29.3. The maximum Gasteiger partial charge on any atom is 0.455 e. The Kier molecular flexibility index (Phi) is 12.5. The molecule has 222 valence electrons. The second kappa shape index (κ2) is 12.9. The maximum atomic E-state index is 13.8. The molecule has 15 heteroatoms. The molecular weight excluding hydrogens is 580 g/mol. The fourth-order valence-corrected chi connectivity index (χ4v) is 13.6. The fraction of sp³-hybridized carbons (Fsp3) is 1.00. The van der Waals surface area contributed by atoms with Crippen LogP contribution in [0, 0.1) is 0 Å². The van der Waals surface area contributed by atoms with Gasteiger partial charge in [0, 0.05) is 7.11 Å². The third kappa shape index (κ3) is 14.4. The van der Waals surface area contributed by atoms with Crippen LogP contribution in [0.5, 0.6) is 0 Å². The van der Waals surface area contributed by atoms with E-state index in [1.165, 1.54) is 0 Å². The predicted octanol–water partition coefficient (Wildman–Crippen LogP) is 6.85. The average Bonchev–Trinajstić information content (AvgIpc) is 2.57. The molecular formula is C22H55O9PSi5. The molecule has 5 atom stereocenters. The van der Waals surface area contributed by atoms with Crippen molar-refractivity contribution in [2.24, 2.45) is 0 Å². The van der Waals surface area contributed by atoms with E-state index in [-0.39, 0.29) is 6.61 Å². The molecule has 37 heavy (non-hydrogen) atoms. The van der Waals surface area contributed by atoms with Gasteiger partial charge in [-0.1, -0.05) is 0 Å². The summed E-state index contributed by atoms with van der Waals surface area (Å²) in [6.07, 6.45) is -2.73. The van der Waals surface area contributed by atoms with Gasteiger partial charge in [0.1, 0.15) is 24.4 Å². The first-order valence-corrected chi connectivity index (χ1v) is 31.6. The lowest BCUT2D eigenvalue weighted by atomic mass is 9.99. The summed E-state index contributed by atoms with van der Waals surface area (Å²) in [5.74, 6) is 0. The summed E-state index contributed by atoms with van der Waals surface area (Å²) in [6, 6.07) is 0. The topological polar surface area (TPSA) is 90.9 Å². The highest BCUT2D eigenvalue weighted by Crippen LogP contribution is 2.54. The second-order valence-electron chi connectivity index (χ2n) is 14.5. The van der Waals surface area contributed by atoms with E-state index in [2.05, 4.69) is 58.9 Å². The van der Waals surface area contributed by atoms with Gasteiger partial charge in [-0.3, -0.25) is 4.52 Å². The van der Waals surface area contributed by atoms with Gasteiger partial charge in [0.2, 0.25) is 0 Å². The van der Waals surface area contributed by atoms with Gasteiger partial charge in [-0.05, 0) is 98.2 Å². The summed E-state index contributed by atoms with van der Waals surface area (Å²) in [5.41, 5.74) is 0. The van der Waals surface area contributed by atoms with E-state index in [4.69, 9.17) is 35.7 Å². The Bertz CT molecular complexity index is 749. The van der Waals surface area contributed by atoms with Crippen molar-refractivity contribution in [2.45, 2.75) is 129 Å². The molecule has 0 N–H and O–H groups in total. The molecule has 0 radical (unpaired) electrons. The van der Waals surface area contributed by atoms with Crippen molar-refractivity contribution < 1.29 is 40.3 Å². The molecule has 1 heterocycles. The Labute approximate surface area is 231 Å². The van der Waals surface area contributed by atoms with Gasteiger partial charge < -0.3 is 31.2 Å². The summed E-state index contributed by atoms with van der Waals surface area (Å²) >= 11 is 0. The van der Waals surface area contributed by atoms with Gasteiger partial charge in [-0.25, -0.2) is 4.57 Å². The molecule has 0 aliphatic carbocycles. The van der Waals surface area contributed by atoms with Gasteiger partial charge in [0.15, 0.2) is 47.9 Å². The minimum atomic E-state index is -3.84. The van der Waals surface area contributed by atoms with Crippen molar-refractivity contribution in [1.82, 2.24) is 0 Å². The molecule has 0 amide bonds. The molecule has 1 aliphatic heterocycles. The minimum Gasteiger partial charge on any atom is -0.409 e. The molecule has 0 aromatic carbocycles. The first-order chi connectivity index (χ1) is 16.2. The van der Waals surface area contributed by atoms with Crippen molar-refractivity contribution in [1.29, 1.82) is 0 Å². The second-order valence-corrected chi connectivity index (χ2v) is 39.0. The first-order valence-electron chi connectivity index (χ1n) is 13.1. The summed E-state index contributed by atoms with van der Waals surface area (Å²) in [4.78, 5) is 0. The molecule has 1 saturated heterocycles. The Hall–Kier alpha value is 0.994. The number of phosphoric acid groups is 1. The Morgan fingerprint density at radius 1 is 0.595 bits per heavy atom. The largest absolute Gasteiger partial charge is 0.455 e. The van der Waals surface area contributed by atoms with E-state index in [0.29, 0.717) is 0 Å². The van der Waals surface area contributed by atoms with E-state index < -0.39 is 80.1 Å². The van der Waals surface area contributed by atoms with Crippen molar-refractivity contribution in [3.8, 4) is 0 Å². The van der Waals surface area contributed by atoms with Gasteiger partial charge in [-0.15, -0.1) is 0 Å². The van der Waals surface area contributed by atoms with Crippen molar-refractivity contribution >= 4 is 49.4 Å². The lowest BCUT2D eigenvalue weighted by Crippen LogP contribution is -2.66. The van der Waals surface area contributed by atoms with Crippen LogP contribution < -0.4 is 0 Å². The van der Waals surface area contributed by atoms with Crippen molar-refractivity contribution in [3.05, 3.63) is 0 Å². The molecule has 1 rings (SSSR count). The van der Waals surface area contributed by atoms with Crippen LogP contribution in [0.4, 0.5) is 0 Å². The molecule has 5 unspecified atom stereocenters. The summed E-state index contributed by atoms with van der Waals surface area (Å²) < 4.78 is 64.1. The van der Waals surface area contributed by atoms with Crippen LogP contribution in [-0.2, 0) is 40.3 Å². The molecule has 0 spiro atoms. The normalized spacial score (nSPS) is 27.0. The average molecular weight is 635 g/mol. The minimum absolute atomic E-state index is 0.0491. The zero-order valence-electron chi connectivity index (χ0n) is 26.2. The van der Waals surface area contributed by atoms with Crippen LogP contribution in [-0.4, -0.2) is 86.0 Å². The first kappa shape index (κ1) is 36.0. The number of methoxy groups -OCH3 is 1. The van der Waals surface area contributed by atoms with Crippen LogP contribution in [0.2, 0.25) is 98.2 Å². The lowest BCUT2D eigenvalue weighted by Gasteiger charge is -2.50. The van der Waals surface area contributed by atoms with Gasteiger partial charge >= 0.3 is 7.82 Å². The standard InChI is InChI=1S/C22H55O9PSi5/c1-24-22-21(29-35(8,9)10)20(28-34(5,6)7)19(27-33(2,3)4)18(26-22)17-25-32(23,30-36(11,12)13)31-37(14,15)16/h18-22H,17H2,1-16H3. The Balaban J connectivity index is 3.47. The highest BCUT2D eigenvalue weighted by atomic mass is 31.2. The molecule has 0 bridgehead atoms. The fourth-order valence-electron chi connectivity index (χ4n) is 3.74. The zero-order valence-corrected chi connectivity index (χ0v) is 32.1. The van der Waals surface area contributed by atoms with Crippen molar-refractivity contribution in [2.75, 3.05) is 13.7 Å². The Morgan fingerprint density at radius 3 is 1.32 bits per heavy atom. The number of ether oxygens (including phenoxy) is 2. The maximum absolute atomic E-state index is 13.8. The van der Waals surface area contributed by atoms with Crippen LogP contribution in [0.1, 0.15) is 0 Å². The van der Waals surface area contributed by atoms with Gasteiger partial charge in [0.05, 0.1) is 6.61 Å². The SMILES string of the molecule is COC1OC(COP(=O)(O[Si](C)(C)C)O[Si](C)(C)C)C(O[Si](C)(C)C)C(O[Si](C)(C)C)C1O[Si](C)(C)C. The van der Waals surface area contributed by atoms with Gasteiger partial charge in [0.25, 0.3) is 0 Å². The number of rotatable bonds is 14.